The molecule has 0 saturated carbocycles. The fourth-order valence-corrected chi connectivity index (χ4v) is 5.38. The zero-order valence-corrected chi connectivity index (χ0v) is 22.4. The standard InChI is InChI=1S/C35H29N5/c1-40(2)26-15-13-25(14-16-26)36-35-31-21-19-29(38-31)33(23-9-5-3-6-10-23)27-17-18-28(37-27)34(24-11-7-4-8-12-24)30-20-22-32(35)39-30/h3-22,36-38H,1-2H3. The Morgan fingerprint density at radius 1 is 0.550 bits per heavy atom. The topological polar surface area (TPSA) is 59.7 Å². The van der Waals surface area contributed by atoms with Crippen LogP contribution < -0.4 is 10.2 Å². The van der Waals surface area contributed by atoms with Gasteiger partial charge in [-0.15, -0.1) is 0 Å². The van der Waals surface area contributed by atoms with Gasteiger partial charge in [-0.05, 0) is 71.8 Å². The molecule has 3 aromatic heterocycles. The molecule has 0 saturated heterocycles. The van der Waals surface area contributed by atoms with E-state index < -0.39 is 0 Å². The van der Waals surface area contributed by atoms with E-state index in [9.17, 15) is 0 Å². The van der Waals surface area contributed by atoms with E-state index >= 15 is 0 Å². The van der Waals surface area contributed by atoms with E-state index in [0.29, 0.717) is 0 Å². The Morgan fingerprint density at radius 3 is 1.70 bits per heavy atom. The van der Waals surface area contributed by atoms with Crippen LogP contribution in [0.5, 0.6) is 0 Å². The fourth-order valence-electron chi connectivity index (χ4n) is 5.38. The third-order valence-corrected chi connectivity index (χ3v) is 7.38. The van der Waals surface area contributed by atoms with Crippen molar-refractivity contribution in [1.82, 2.24) is 15.0 Å². The molecule has 3 aromatic carbocycles. The maximum absolute atomic E-state index is 5.18. The number of fused-ring (bicyclic) bond motifs is 6. The normalized spacial score (nSPS) is 11.7. The van der Waals surface area contributed by atoms with Crippen molar-refractivity contribution in [3.63, 3.8) is 0 Å². The maximum atomic E-state index is 5.18. The summed E-state index contributed by atoms with van der Waals surface area (Å²) in [5.74, 6) is 0. The number of rotatable bonds is 5. The molecule has 1 aliphatic rings. The predicted molar refractivity (Wildman–Crippen MR) is 169 cm³/mol. The van der Waals surface area contributed by atoms with E-state index in [1.165, 1.54) is 0 Å². The molecule has 1 aliphatic heterocycles. The first-order chi connectivity index (χ1) is 19.6. The molecular formula is C35H29N5. The van der Waals surface area contributed by atoms with Crippen molar-refractivity contribution >= 4 is 51.3 Å². The van der Waals surface area contributed by atoms with Gasteiger partial charge in [-0.3, -0.25) is 0 Å². The lowest BCUT2D eigenvalue weighted by Gasteiger charge is -2.14. The maximum Gasteiger partial charge on any atom is 0.0894 e. The Balaban J connectivity index is 1.55. The number of H-pyrrole nitrogens is 2. The van der Waals surface area contributed by atoms with Crippen LogP contribution in [-0.2, 0) is 0 Å². The van der Waals surface area contributed by atoms with Crippen LogP contribution >= 0.6 is 0 Å². The molecule has 4 heterocycles. The summed E-state index contributed by atoms with van der Waals surface area (Å²) >= 11 is 0. The molecule has 6 aromatic rings. The minimum Gasteiger partial charge on any atom is -0.378 e. The largest absolute Gasteiger partial charge is 0.378 e. The van der Waals surface area contributed by atoms with Crippen molar-refractivity contribution in [3.05, 3.63) is 121 Å². The van der Waals surface area contributed by atoms with E-state index in [0.717, 1.165) is 72.8 Å². The fraction of sp³-hybridized carbons (Fsp3) is 0.0571. The van der Waals surface area contributed by atoms with E-state index in [2.05, 4.69) is 150 Å². The van der Waals surface area contributed by atoms with Gasteiger partial charge in [0.2, 0.25) is 0 Å². The van der Waals surface area contributed by atoms with Gasteiger partial charge in [0.1, 0.15) is 0 Å². The Labute approximate surface area is 233 Å². The van der Waals surface area contributed by atoms with Gasteiger partial charge in [0.05, 0.1) is 22.6 Å². The number of aromatic nitrogens is 3. The van der Waals surface area contributed by atoms with Crippen molar-refractivity contribution in [3.8, 4) is 22.3 Å². The summed E-state index contributed by atoms with van der Waals surface area (Å²) in [5, 5.41) is 3.68. The molecular weight excluding hydrogens is 490 g/mol. The highest BCUT2D eigenvalue weighted by molar-refractivity contribution is 5.99. The van der Waals surface area contributed by atoms with Crippen molar-refractivity contribution in [2.45, 2.75) is 0 Å². The molecule has 6 bridgehead atoms. The van der Waals surface area contributed by atoms with Gasteiger partial charge in [0.25, 0.3) is 0 Å². The lowest BCUT2D eigenvalue weighted by atomic mass is 10.0. The summed E-state index contributed by atoms with van der Waals surface area (Å²) in [6, 6.07) is 38.1. The average molecular weight is 520 g/mol. The van der Waals surface area contributed by atoms with Crippen molar-refractivity contribution in [2.75, 3.05) is 24.3 Å². The number of hydrogen-bond donors (Lipinski definition) is 3. The first kappa shape index (κ1) is 23.8. The Bertz CT molecular complexity index is 1930. The zero-order valence-electron chi connectivity index (χ0n) is 22.4. The Hall–Kier alpha value is -5.29. The second-order valence-corrected chi connectivity index (χ2v) is 10.2. The molecule has 0 fully saturated rings. The molecule has 5 heteroatoms. The molecule has 7 rings (SSSR count). The smallest absolute Gasteiger partial charge is 0.0894 e. The molecule has 40 heavy (non-hydrogen) atoms. The van der Waals surface area contributed by atoms with Crippen LogP contribution in [0.15, 0.2) is 109 Å². The summed E-state index contributed by atoms with van der Waals surface area (Å²) < 4.78 is 0. The molecule has 0 aliphatic carbocycles. The summed E-state index contributed by atoms with van der Waals surface area (Å²) in [7, 11) is 4.10. The Morgan fingerprint density at radius 2 is 1.07 bits per heavy atom. The van der Waals surface area contributed by atoms with Crippen LogP contribution in [-0.4, -0.2) is 29.0 Å². The van der Waals surface area contributed by atoms with Gasteiger partial charge in [-0.25, -0.2) is 4.98 Å². The second-order valence-electron chi connectivity index (χ2n) is 10.2. The number of hydrogen-bond acceptors (Lipinski definition) is 3. The lowest BCUT2D eigenvalue weighted by molar-refractivity contribution is 1.13. The van der Waals surface area contributed by atoms with E-state index in [1.807, 2.05) is 6.07 Å². The van der Waals surface area contributed by atoms with Crippen molar-refractivity contribution in [2.24, 2.45) is 0 Å². The molecule has 0 unspecified atom stereocenters. The molecule has 194 valence electrons. The van der Waals surface area contributed by atoms with Gasteiger partial charge in [0.15, 0.2) is 0 Å². The second kappa shape index (κ2) is 9.79. The van der Waals surface area contributed by atoms with E-state index in [1.54, 1.807) is 0 Å². The van der Waals surface area contributed by atoms with Crippen LogP contribution in [0.2, 0.25) is 0 Å². The van der Waals surface area contributed by atoms with Crippen LogP contribution in [0.3, 0.4) is 0 Å². The molecule has 0 amide bonds. The first-order valence-corrected chi connectivity index (χ1v) is 13.4. The molecule has 0 spiro atoms. The highest BCUT2D eigenvalue weighted by Gasteiger charge is 2.16. The molecule has 0 radical (unpaired) electrons. The van der Waals surface area contributed by atoms with Crippen LogP contribution in [0.25, 0.3) is 56.5 Å². The Kier molecular flexibility index (Phi) is 5.82. The van der Waals surface area contributed by atoms with Crippen molar-refractivity contribution in [1.29, 1.82) is 0 Å². The third kappa shape index (κ3) is 4.28. The molecule has 5 nitrogen and oxygen atoms in total. The number of nitrogens with one attached hydrogen (secondary N) is 3. The summed E-state index contributed by atoms with van der Waals surface area (Å²) in [6.45, 7) is 0. The zero-order chi connectivity index (χ0) is 27.1. The monoisotopic (exact) mass is 519 g/mol. The number of benzene rings is 3. The van der Waals surface area contributed by atoms with Crippen LogP contribution in [0, 0.1) is 0 Å². The minimum absolute atomic E-state index is 0.877. The molecule has 0 atom stereocenters. The van der Waals surface area contributed by atoms with Crippen LogP contribution in [0.1, 0.15) is 11.4 Å². The summed E-state index contributed by atoms with van der Waals surface area (Å²) in [5.41, 5.74) is 13.4. The minimum atomic E-state index is 0.877. The van der Waals surface area contributed by atoms with Gasteiger partial charge in [0, 0.05) is 53.1 Å². The summed E-state index contributed by atoms with van der Waals surface area (Å²) in [6.07, 6.45) is 4.21. The van der Waals surface area contributed by atoms with E-state index in [4.69, 9.17) is 4.98 Å². The predicted octanol–water partition coefficient (Wildman–Crippen LogP) is 8.80. The first-order valence-electron chi connectivity index (χ1n) is 13.4. The third-order valence-electron chi connectivity index (χ3n) is 7.38. The average Bonchev–Trinajstić information content (AvgIpc) is 3.76. The number of aromatic amines is 2. The highest BCUT2D eigenvalue weighted by Crippen LogP contribution is 2.36. The SMILES string of the molecule is CN(C)c1ccc(Nc2c3nc(c(-c4ccccc4)c4ccc([nH]4)c(-c4ccccc4)c4ccc2[nH]4)C=C3)cc1. The van der Waals surface area contributed by atoms with Gasteiger partial charge >= 0.3 is 0 Å². The van der Waals surface area contributed by atoms with E-state index in [-0.39, 0.29) is 0 Å². The molecule has 3 N–H and O–H groups in total. The van der Waals surface area contributed by atoms with Gasteiger partial charge in [-0.2, -0.15) is 0 Å². The summed E-state index contributed by atoms with van der Waals surface area (Å²) in [4.78, 5) is 14.7. The number of anilines is 3. The highest BCUT2D eigenvalue weighted by atomic mass is 15.1. The number of nitrogens with zero attached hydrogens (tertiary/aromatic N) is 2. The quantitative estimate of drug-likeness (QED) is 0.213. The lowest BCUT2D eigenvalue weighted by Crippen LogP contribution is -2.08. The van der Waals surface area contributed by atoms with Crippen molar-refractivity contribution < 1.29 is 0 Å². The van der Waals surface area contributed by atoms with Gasteiger partial charge in [-0.1, -0.05) is 60.7 Å². The van der Waals surface area contributed by atoms with Gasteiger partial charge < -0.3 is 20.2 Å². The van der Waals surface area contributed by atoms with Crippen LogP contribution in [0.4, 0.5) is 17.1 Å².